The van der Waals surface area contributed by atoms with Crippen LogP contribution in [0.2, 0.25) is 0 Å². The Kier molecular flexibility index (Phi) is 12.7. The molecule has 3 aromatic carbocycles. The third-order valence-corrected chi connectivity index (χ3v) is 8.40. The van der Waals surface area contributed by atoms with Crippen LogP contribution in [-0.2, 0) is 17.1 Å². The summed E-state index contributed by atoms with van der Waals surface area (Å²) >= 11 is 0. The molecule has 38 heavy (non-hydrogen) atoms. The monoisotopic (exact) mass is 560 g/mol. The number of nitrogens with zero attached hydrogens (tertiary/aromatic N) is 2. The molecule has 2 aliphatic carbocycles. The third-order valence-electron chi connectivity index (χ3n) is 5.88. The molecule has 190 valence electrons. The van der Waals surface area contributed by atoms with Gasteiger partial charge < -0.3 is 0 Å². The molecule has 6 heteroatoms. The molecular formula is C32H29FeN2O2P+2. The third kappa shape index (κ3) is 8.34. The maximum Gasteiger partial charge on any atom is 2.00 e. The van der Waals surface area contributed by atoms with E-state index in [2.05, 4.69) is 74.7 Å². The van der Waals surface area contributed by atoms with Gasteiger partial charge in [-0.25, -0.2) is 0 Å². The first-order valence-corrected chi connectivity index (χ1v) is 13.6. The fourth-order valence-electron chi connectivity index (χ4n) is 4.11. The molecule has 0 unspecified atom stereocenters. The Balaban J connectivity index is 0.000000598. The van der Waals surface area contributed by atoms with Gasteiger partial charge in [0.1, 0.15) is 0 Å². The van der Waals surface area contributed by atoms with Crippen LogP contribution in [0.5, 0.6) is 0 Å². The van der Waals surface area contributed by atoms with Crippen molar-refractivity contribution in [2.24, 2.45) is 4.99 Å². The van der Waals surface area contributed by atoms with Crippen molar-refractivity contribution in [3.8, 4) is 0 Å². The van der Waals surface area contributed by atoms with E-state index in [0.29, 0.717) is 0 Å². The van der Waals surface area contributed by atoms with Crippen LogP contribution in [0.15, 0.2) is 89.9 Å². The number of aliphatic imine (C=N–C) groups is 1. The van der Waals surface area contributed by atoms with Crippen molar-refractivity contribution in [3.05, 3.63) is 164 Å². The second-order valence-electron chi connectivity index (χ2n) is 8.39. The van der Waals surface area contributed by atoms with E-state index < -0.39 is 7.92 Å². The van der Waals surface area contributed by atoms with E-state index in [9.17, 15) is 10.1 Å². The fourth-order valence-corrected chi connectivity index (χ4v) is 6.62. The molecule has 0 N–H and O–H groups in total. The van der Waals surface area contributed by atoms with Crippen LogP contribution in [0.25, 0.3) is 0 Å². The van der Waals surface area contributed by atoms with Crippen molar-refractivity contribution in [2.45, 2.75) is 19.4 Å². The molecule has 10 radical (unpaired) electrons. The summed E-state index contributed by atoms with van der Waals surface area (Å²) in [6.07, 6.45) is 19.1. The molecule has 0 heterocycles. The number of rotatable bonds is 8. The summed E-state index contributed by atoms with van der Waals surface area (Å²) in [4.78, 5) is 15.6. The quantitative estimate of drug-likeness (QED) is 0.102. The second-order valence-corrected chi connectivity index (χ2v) is 10.6. The first kappa shape index (κ1) is 30.2. The summed E-state index contributed by atoms with van der Waals surface area (Å²) in [5, 5.41) is 13.7. The number of benzene rings is 3. The molecule has 0 saturated heterocycles. The van der Waals surface area contributed by atoms with E-state index in [1.165, 1.54) is 28.3 Å². The normalized spacial score (nSPS) is 16.7. The molecule has 2 saturated carbocycles. The molecule has 0 aromatic heterocycles. The number of nitro groups is 1. The Labute approximate surface area is 239 Å². The van der Waals surface area contributed by atoms with E-state index in [-0.39, 0.29) is 33.7 Å². The van der Waals surface area contributed by atoms with Crippen LogP contribution in [0.4, 0.5) is 5.69 Å². The van der Waals surface area contributed by atoms with Gasteiger partial charge >= 0.3 is 17.1 Å². The van der Waals surface area contributed by atoms with E-state index in [0.717, 1.165) is 12.0 Å². The second kappa shape index (κ2) is 15.9. The Morgan fingerprint density at radius 3 is 1.92 bits per heavy atom. The van der Waals surface area contributed by atoms with E-state index in [1.54, 1.807) is 18.3 Å². The van der Waals surface area contributed by atoms with Crippen molar-refractivity contribution >= 4 is 30.4 Å². The molecule has 3 aromatic rings. The Bertz CT molecular complexity index is 1090. The van der Waals surface area contributed by atoms with Crippen LogP contribution in [0, 0.1) is 73.1 Å². The number of non-ortho nitro benzene ring substituents is 1. The maximum atomic E-state index is 11.1. The van der Waals surface area contributed by atoms with Crippen molar-refractivity contribution < 1.29 is 22.0 Å². The van der Waals surface area contributed by atoms with Gasteiger partial charge in [0.25, 0.3) is 5.69 Å². The van der Waals surface area contributed by atoms with E-state index in [4.69, 9.17) is 4.99 Å². The minimum atomic E-state index is -0.710. The smallest absolute Gasteiger partial charge is 0.289 e. The van der Waals surface area contributed by atoms with Crippen LogP contribution >= 0.6 is 7.92 Å². The van der Waals surface area contributed by atoms with Gasteiger partial charge in [0.2, 0.25) is 0 Å². The molecule has 5 rings (SSSR count). The predicted molar refractivity (Wildman–Crippen MR) is 155 cm³/mol. The largest absolute Gasteiger partial charge is 2.00 e. The van der Waals surface area contributed by atoms with Crippen LogP contribution < -0.4 is 10.6 Å². The van der Waals surface area contributed by atoms with E-state index in [1.807, 2.05) is 50.3 Å². The zero-order chi connectivity index (χ0) is 25.9. The van der Waals surface area contributed by atoms with Crippen LogP contribution in [-0.4, -0.2) is 17.2 Å². The van der Waals surface area contributed by atoms with Crippen molar-refractivity contribution in [2.75, 3.05) is 0 Å². The average Bonchev–Trinajstić information content (AvgIpc) is 3.67. The number of nitro benzene ring substituents is 1. The fraction of sp³-hybridized carbons (Fsp3) is 0.0938. The first-order chi connectivity index (χ1) is 18.2. The van der Waals surface area contributed by atoms with Gasteiger partial charge in [-0.15, -0.1) is 0 Å². The molecule has 2 fully saturated rings. The molecule has 0 aliphatic heterocycles. The van der Waals surface area contributed by atoms with E-state index >= 15 is 0 Å². The number of hydrogen-bond acceptors (Lipinski definition) is 3. The summed E-state index contributed by atoms with van der Waals surface area (Å²) < 4.78 is 0. The number of hydrogen-bond donors (Lipinski definition) is 0. The summed E-state index contributed by atoms with van der Waals surface area (Å²) in [6, 6.07) is 27.8. The Hall–Kier alpha value is -2.32. The minimum absolute atomic E-state index is 0. The van der Waals surface area contributed by atoms with Crippen molar-refractivity contribution in [3.63, 3.8) is 0 Å². The minimum Gasteiger partial charge on any atom is -0.289 e. The molecule has 0 amide bonds. The molecule has 0 spiro atoms. The summed E-state index contributed by atoms with van der Waals surface area (Å²) in [6.45, 7) is 2.12. The molecule has 4 nitrogen and oxygen atoms in total. The summed E-state index contributed by atoms with van der Waals surface area (Å²) in [5.74, 6) is 1.22. The molecule has 0 bridgehead atoms. The maximum absolute atomic E-state index is 11.1. The first-order valence-electron chi connectivity index (χ1n) is 12.3. The van der Waals surface area contributed by atoms with Gasteiger partial charge in [0, 0.05) is 29.9 Å². The molecule has 2 aliphatic rings. The summed E-state index contributed by atoms with van der Waals surface area (Å²) in [7, 11) is -0.710. The van der Waals surface area contributed by atoms with Crippen molar-refractivity contribution in [1.82, 2.24) is 0 Å². The zero-order valence-electron chi connectivity index (χ0n) is 21.1. The summed E-state index contributed by atoms with van der Waals surface area (Å²) in [5.41, 5.74) is 2.12. The predicted octanol–water partition coefficient (Wildman–Crippen LogP) is 6.68. The van der Waals surface area contributed by atoms with Gasteiger partial charge in [-0.05, 0) is 81.9 Å². The van der Waals surface area contributed by atoms with Crippen LogP contribution in [0.3, 0.4) is 0 Å². The zero-order valence-corrected chi connectivity index (χ0v) is 23.1. The van der Waals surface area contributed by atoms with Crippen LogP contribution in [0.1, 0.15) is 18.9 Å². The SMILES string of the molecule is CC[C@@H](N=Cc1cccc([N+](=O)[O-])c1)[C]1[CH][CH][CH][C]1P(c1ccccc1)c1ccccc1.[CH]1[CH][CH][CH][CH]1.[Fe+2]. The standard InChI is InChI=1S/C27H24N2O2P.C5H5.Fe/c1-2-26(28-20-21-11-9-12-22(19-21)29(30)31)25-17-10-18-27(25)32(23-13-5-3-6-14-23)24-15-7-4-8-16-24;1-2-4-5-3-1;/h3-20,26H,2H2,1H3;1-5H;/q;;+2/t26-;;/m1../s1. The molecular weight excluding hydrogens is 531 g/mol. The Morgan fingerprint density at radius 1 is 0.816 bits per heavy atom. The van der Waals surface area contributed by atoms with Crippen molar-refractivity contribution in [1.29, 1.82) is 0 Å². The van der Waals surface area contributed by atoms with Gasteiger partial charge in [0.05, 0.1) is 11.0 Å². The van der Waals surface area contributed by atoms with Gasteiger partial charge in [0.15, 0.2) is 0 Å². The topological polar surface area (TPSA) is 55.5 Å². The average molecular weight is 560 g/mol. The molecule has 1 atom stereocenters. The van der Waals surface area contributed by atoms with Gasteiger partial charge in [-0.3, -0.25) is 15.1 Å². The van der Waals surface area contributed by atoms with Gasteiger partial charge in [-0.2, -0.15) is 0 Å². The van der Waals surface area contributed by atoms with Gasteiger partial charge in [-0.1, -0.05) is 79.7 Å². The Morgan fingerprint density at radius 2 is 1.39 bits per heavy atom.